The van der Waals surface area contributed by atoms with Crippen molar-refractivity contribution in [3.8, 4) is 5.75 Å². The van der Waals surface area contributed by atoms with Gasteiger partial charge in [-0.2, -0.15) is 0 Å². The summed E-state index contributed by atoms with van der Waals surface area (Å²) in [4.78, 5) is 14.5. The Bertz CT molecular complexity index is 831. The molecule has 4 rings (SSSR count). The molecule has 0 saturated heterocycles. The van der Waals surface area contributed by atoms with Gasteiger partial charge in [0.1, 0.15) is 18.2 Å². The molecular weight excluding hydrogens is 370 g/mol. The lowest BCUT2D eigenvalue weighted by atomic mass is 10.2. The second-order valence-electron chi connectivity index (χ2n) is 7.87. The van der Waals surface area contributed by atoms with E-state index in [-0.39, 0.29) is 24.5 Å². The van der Waals surface area contributed by atoms with Crippen molar-refractivity contribution in [3.63, 3.8) is 0 Å². The molecule has 29 heavy (non-hydrogen) atoms. The fraction of sp³-hybridized carbons (Fsp3) is 0.571. The number of fused-ring (bicyclic) bond motifs is 1. The van der Waals surface area contributed by atoms with E-state index in [0.29, 0.717) is 6.61 Å². The molecule has 0 bridgehead atoms. The van der Waals surface area contributed by atoms with Crippen LogP contribution in [0.15, 0.2) is 24.3 Å². The van der Waals surface area contributed by atoms with Crippen LogP contribution >= 0.6 is 0 Å². The van der Waals surface area contributed by atoms with E-state index in [9.17, 15) is 4.79 Å². The Morgan fingerprint density at radius 3 is 2.76 bits per heavy atom. The summed E-state index contributed by atoms with van der Waals surface area (Å²) in [7, 11) is 0. The van der Waals surface area contributed by atoms with E-state index < -0.39 is 0 Å². The van der Waals surface area contributed by atoms with Gasteiger partial charge in [-0.1, -0.05) is 12.1 Å². The zero-order valence-corrected chi connectivity index (χ0v) is 16.9. The SMILES string of the molecule is CC(NC(=O)C1CC1)c1nnc2n1CCN(Cc1ccc(OCCO)cc1)CC2. The average Bonchev–Trinajstić information content (AvgIpc) is 3.53. The Labute approximate surface area is 170 Å². The third-order valence-corrected chi connectivity index (χ3v) is 5.53. The first-order valence-electron chi connectivity index (χ1n) is 10.4. The predicted octanol–water partition coefficient (Wildman–Crippen LogP) is 1.29. The number of ether oxygens (including phenoxy) is 1. The standard InChI is InChI=1S/C21H29N5O3/c1-15(22-21(28)17-4-5-17)20-24-23-19-8-9-25(10-11-26(19)20)14-16-2-6-18(7-3-16)29-13-12-27/h2-3,6-7,15,17,27H,4-5,8-14H2,1H3,(H,22,28). The molecule has 1 aromatic heterocycles. The summed E-state index contributed by atoms with van der Waals surface area (Å²) in [6.45, 7) is 5.83. The van der Waals surface area contributed by atoms with Gasteiger partial charge in [0.25, 0.3) is 0 Å². The fourth-order valence-corrected chi connectivity index (χ4v) is 3.72. The monoisotopic (exact) mass is 399 g/mol. The summed E-state index contributed by atoms with van der Waals surface area (Å²) < 4.78 is 7.59. The van der Waals surface area contributed by atoms with Gasteiger partial charge in [0.05, 0.1) is 12.6 Å². The van der Waals surface area contributed by atoms with Gasteiger partial charge in [0.15, 0.2) is 5.82 Å². The molecular formula is C21H29N5O3. The quantitative estimate of drug-likeness (QED) is 0.695. The van der Waals surface area contributed by atoms with Crippen molar-refractivity contribution in [1.29, 1.82) is 0 Å². The first-order valence-corrected chi connectivity index (χ1v) is 10.4. The van der Waals surface area contributed by atoms with E-state index in [4.69, 9.17) is 9.84 Å². The number of nitrogens with zero attached hydrogens (tertiary/aromatic N) is 4. The maximum absolute atomic E-state index is 12.1. The van der Waals surface area contributed by atoms with E-state index in [1.807, 2.05) is 19.1 Å². The van der Waals surface area contributed by atoms with Gasteiger partial charge in [-0.15, -0.1) is 10.2 Å². The van der Waals surface area contributed by atoms with Gasteiger partial charge in [-0.05, 0) is 37.5 Å². The van der Waals surface area contributed by atoms with Crippen LogP contribution in [0, 0.1) is 5.92 Å². The zero-order chi connectivity index (χ0) is 20.2. The lowest BCUT2D eigenvalue weighted by molar-refractivity contribution is -0.123. The number of carbonyl (C=O) groups is 1. The number of rotatable bonds is 8. The Hall–Kier alpha value is -2.45. The second-order valence-corrected chi connectivity index (χ2v) is 7.87. The summed E-state index contributed by atoms with van der Waals surface area (Å²) in [5.41, 5.74) is 1.23. The van der Waals surface area contributed by atoms with Crippen LogP contribution < -0.4 is 10.1 Å². The molecule has 0 radical (unpaired) electrons. The first-order chi connectivity index (χ1) is 14.1. The first kappa shape index (κ1) is 19.8. The summed E-state index contributed by atoms with van der Waals surface area (Å²) in [6, 6.07) is 7.90. The van der Waals surface area contributed by atoms with Gasteiger partial charge in [0.2, 0.25) is 5.91 Å². The van der Waals surface area contributed by atoms with Crippen molar-refractivity contribution in [2.45, 2.75) is 45.3 Å². The molecule has 0 spiro atoms. The Morgan fingerprint density at radius 1 is 1.24 bits per heavy atom. The topological polar surface area (TPSA) is 92.5 Å². The van der Waals surface area contributed by atoms with Gasteiger partial charge >= 0.3 is 0 Å². The van der Waals surface area contributed by atoms with Gasteiger partial charge in [-0.3, -0.25) is 9.69 Å². The molecule has 1 amide bonds. The molecule has 1 aliphatic heterocycles. The maximum Gasteiger partial charge on any atom is 0.223 e. The van der Waals surface area contributed by atoms with Crippen molar-refractivity contribution < 1.29 is 14.6 Å². The molecule has 1 aliphatic carbocycles. The van der Waals surface area contributed by atoms with Gasteiger partial charge in [0, 0.05) is 38.5 Å². The number of carbonyl (C=O) groups excluding carboxylic acids is 1. The van der Waals surface area contributed by atoms with Crippen LogP contribution in [0.3, 0.4) is 0 Å². The largest absolute Gasteiger partial charge is 0.491 e. The number of aliphatic hydroxyl groups excluding tert-OH is 1. The third-order valence-electron chi connectivity index (χ3n) is 5.53. The second kappa shape index (κ2) is 8.92. The molecule has 8 heteroatoms. The van der Waals surface area contributed by atoms with Crippen molar-refractivity contribution in [2.24, 2.45) is 5.92 Å². The summed E-state index contributed by atoms with van der Waals surface area (Å²) >= 11 is 0. The molecule has 2 aliphatic rings. The van der Waals surface area contributed by atoms with E-state index in [2.05, 4.69) is 37.1 Å². The minimum atomic E-state index is -0.123. The van der Waals surface area contributed by atoms with E-state index in [1.165, 1.54) is 5.56 Å². The van der Waals surface area contributed by atoms with Crippen LogP contribution in [0.4, 0.5) is 0 Å². The van der Waals surface area contributed by atoms with E-state index in [1.54, 1.807) is 0 Å². The highest BCUT2D eigenvalue weighted by atomic mass is 16.5. The Kier molecular flexibility index (Phi) is 6.10. The Morgan fingerprint density at radius 2 is 2.03 bits per heavy atom. The summed E-state index contributed by atoms with van der Waals surface area (Å²) in [5, 5.41) is 20.7. The molecule has 1 aromatic carbocycles. The molecule has 1 saturated carbocycles. The summed E-state index contributed by atoms with van der Waals surface area (Å²) in [6.07, 6.45) is 2.84. The number of aromatic nitrogens is 3. The highest BCUT2D eigenvalue weighted by Gasteiger charge is 2.31. The lowest BCUT2D eigenvalue weighted by Crippen LogP contribution is -2.31. The van der Waals surface area contributed by atoms with Crippen LogP contribution in [-0.2, 0) is 24.3 Å². The minimum absolute atomic E-state index is 0.0179. The van der Waals surface area contributed by atoms with Crippen molar-refractivity contribution in [2.75, 3.05) is 26.3 Å². The number of hydrogen-bond donors (Lipinski definition) is 2. The fourth-order valence-electron chi connectivity index (χ4n) is 3.72. The maximum atomic E-state index is 12.1. The summed E-state index contributed by atoms with van der Waals surface area (Å²) in [5.74, 6) is 2.94. The smallest absolute Gasteiger partial charge is 0.223 e. The molecule has 2 heterocycles. The average molecular weight is 399 g/mol. The molecule has 2 aromatic rings. The van der Waals surface area contributed by atoms with Crippen molar-refractivity contribution in [1.82, 2.24) is 25.0 Å². The van der Waals surface area contributed by atoms with Crippen molar-refractivity contribution >= 4 is 5.91 Å². The minimum Gasteiger partial charge on any atom is -0.491 e. The number of aliphatic hydroxyl groups is 1. The van der Waals surface area contributed by atoms with Crippen LogP contribution in [-0.4, -0.2) is 57.0 Å². The molecule has 8 nitrogen and oxygen atoms in total. The number of nitrogens with one attached hydrogen (secondary N) is 1. The van der Waals surface area contributed by atoms with Crippen LogP contribution in [0.1, 0.15) is 43.0 Å². The number of benzene rings is 1. The third kappa shape index (κ3) is 4.94. The predicted molar refractivity (Wildman–Crippen MR) is 107 cm³/mol. The van der Waals surface area contributed by atoms with E-state index in [0.717, 1.165) is 62.8 Å². The van der Waals surface area contributed by atoms with E-state index >= 15 is 0 Å². The highest BCUT2D eigenvalue weighted by molar-refractivity contribution is 5.81. The van der Waals surface area contributed by atoms with Crippen LogP contribution in [0.5, 0.6) is 5.75 Å². The molecule has 1 fully saturated rings. The van der Waals surface area contributed by atoms with Gasteiger partial charge in [-0.25, -0.2) is 0 Å². The van der Waals surface area contributed by atoms with Crippen LogP contribution in [0.25, 0.3) is 0 Å². The van der Waals surface area contributed by atoms with Gasteiger partial charge < -0.3 is 19.7 Å². The Balaban J connectivity index is 1.34. The van der Waals surface area contributed by atoms with Crippen LogP contribution in [0.2, 0.25) is 0 Å². The van der Waals surface area contributed by atoms with Crippen molar-refractivity contribution in [3.05, 3.63) is 41.5 Å². The highest BCUT2D eigenvalue weighted by Crippen LogP contribution is 2.29. The number of amides is 1. The normalized spacial score (nSPS) is 18.0. The molecule has 1 unspecified atom stereocenters. The zero-order valence-electron chi connectivity index (χ0n) is 16.9. The molecule has 1 atom stereocenters. The molecule has 156 valence electrons. The number of hydrogen-bond acceptors (Lipinski definition) is 6. The lowest BCUT2D eigenvalue weighted by Gasteiger charge is -2.20. The molecule has 2 N–H and O–H groups in total.